The van der Waals surface area contributed by atoms with E-state index in [0.29, 0.717) is 11.1 Å². The topological polar surface area (TPSA) is 72.5 Å². The molecule has 3 rings (SSSR count). The Kier molecular flexibility index (Phi) is 8.53. The number of benzene rings is 3. The molecule has 0 bridgehead atoms. The molecule has 1 unspecified atom stereocenters. The summed E-state index contributed by atoms with van der Waals surface area (Å²) < 4.78 is 5.32. The van der Waals surface area contributed by atoms with Gasteiger partial charge in [0, 0.05) is 17.5 Å². The van der Waals surface area contributed by atoms with Gasteiger partial charge in [0.05, 0.1) is 0 Å². The lowest BCUT2D eigenvalue weighted by Gasteiger charge is -2.18. The van der Waals surface area contributed by atoms with Crippen molar-refractivity contribution >= 4 is 17.7 Å². The zero-order valence-electron chi connectivity index (χ0n) is 19.0. The van der Waals surface area contributed by atoms with Crippen molar-refractivity contribution in [1.82, 2.24) is 5.32 Å². The molecule has 0 saturated heterocycles. The molecule has 0 saturated carbocycles. The molecule has 0 aliphatic rings. The lowest BCUT2D eigenvalue weighted by Crippen LogP contribution is -2.43. The highest BCUT2D eigenvalue weighted by Gasteiger charge is 2.24. The van der Waals surface area contributed by atoms with E-state index in [1.807, 2.05) is 68.4 Å². The molecule has 3 aromatic carbocycles. The predicted octanol–water partition coefficient (Wildman–Crippen LogP) is 4.58. The largest absolute Gasteiger partial charge is 0.456 e. The lowest BCUT2D eigenvalue weighted by atomic mass is 10.0. The zero-order chi connectivity index (χ0) is 23.6. The number of amides is 1. The van der Waals surface area contributed by atoms with Crippen molar-refractivity contribution in [3.63, 3.8) is 0 Å². The molecular formula is C28H29NO4. The molecule has 0 aromatic heterocycles. The Morgan fingerprint density at radius 3 is 1.82 bits per heavy atom. The summed E-state index contributed by atoms with van der Waals surface area (Å²) in [5, 5.41) is 2.77. The van der Waals surface area contributed by atoms with Gasteiger partial charge in [-0.05, 0) is 41.7 Å². The van der Waals surface area contributed by atoms with Gasteiger partial charge < -0.3 is 10.1 Å². The number of hydrogen-bond donors (Lipinski definition) is 1. The molecule has 0 aliphatic carbocycles. The third kappa shape index (κ3) is 6.88. The number of esters is 1. The Bertz CT molecular complexity index is 1070. The maximum absolute atomic E-state index is 12.9. The molecule has 0 fully saturated rings. The molecule has 5 heteroatoms. The first-order valence-corrected chi connectivity index (χ1v) is 11.2. The van der Waals surface area contributed by atoms with Crippen LogP contribution in [0.25, 0.3) is 0 Å². The van der Waals surface area contributed by atoms with Gasteiger partial charge in [-0.15, -0.1) is 0 Å². The van der Waals surface area contributed by atoms with E-state index in [1.165, 1.54) is 0 Å². The van der Waals surface area contributed by atoms with Crippen molar-refractivity contribution in [3.05, 3.63) is 107 Å². The minimum Gasteiger partial charge on any atom is -0.456 e. The van der Waals surface area contributed by atoms with Gasteiger partial charge in [0.15, 0.2) is 12.4 Å². The number of hydrogen-bond acceptors (Lipinski definition) is 4. The molecule has 1 amide bonds. The van der Waals surface area contributed by atoms with Gasteiger partial charge in [0.2, 0.25) is 0 Å². The summed E-state index contributed by atoms with van der Waals surface area (Å²) in [6.45, 7) is 3.70. The van der Waals surface area contributed by atoms with Crippen molar-refractivity contribution in [3.8, 4) is 0 Å². The van der Waals surface area contributed by atoms with Crippen LogP contribution in [0.3, 0.4) is 0 Å². The van der Waals surface area contributed by atoms with E-state index in [-0.39, 0.29) is 24.7 Å². The highest BCUT2D eigenvalue weighted by atomic mass is 16.5. The lowest BCUT2D eigenvalue weighted by molar-refractivity contribution is -0.144. The standard InChI is InChI=1S/C28H29NO4/c1-3-20-10-14-23(15-11-20)26(30)19-33-28(32)25(18-22-8-6-5-7-9-22)29-27(31)24-16-12-21(4-2)13-17-24/h5-17,25H,3-4,18-19H2,1-2H3,(H,29,31). The second-order valence-electron chi connectivity index (χ2n) is 7.85. The van der Waals surface area contributed by atoms with Crippen molar-refractivity contribution in [2.45, 2.75) is 39.2 Å². The van der Waals surface area contributed by atoms with Crippen molar-refractivity contribution in [2.75, 3.05) is 6.61 Å². The van der Waals surface area contributed by atoms with Gasteiger partial charge in [0.1, 0.15) is 6.04 Å². The normalized spacial score (nSPS) is 11.5. The van der Waals surface area contributed by atoms with Crippen LogP contribution in [0.15, 0.2) is 78.9 Å². The minimum absolute atomic E-state index is 0.262. The van der Waals surface area contributed by atoms with Gasteiger partial charge in [-0.25, -0.2) is 4.79 Å². The molecule has 3 aromatic rings. The van der Waals surface area contributed by atoms with Crippen molar-refractivity contribution in [2.24, 2.45) is 0 Å². The molecule has 0 heterocycles. The highest BCUT2D eigenvalue weighted by Crippen LogP contribution is 2.10. The second kappa shape index (κ2) is 11.8. The first-order chi connectivity index (χ1) is 16.0. The Morgan fingerprint density at radius 1 is 0.727 bits per heavy atom. The van der Waals surface area contributed by atoms with E-state index in [4.69, 9.17) is 4.74 Å². The monoisotopic (exact) mass is 443 g/mol. The summed E-state index contributed by atoms with van der Waals surface area (Å²) >= 11 is 0. The molecular weight excluding hydrogens is 414 g/mol. The average Bonchev–Trinajstić information content (AvgIpc) is 2.87. The van der Waals surface area contributed by atoms with E-state index in [2.05, 4.69) is 5.32 Å². The number of Topliss-reactive ketones (excluding diaryl/α,β-unsaturated/α-hetero) is 1. The number of ether oxygens (including phenoxy) is 1. The van der Waals surface area contributed by atoms with E-state index < -0.39 is 12.0 Å². The van der Waals surface area contributed by atoms with Gasteiger partial charge in [-0.1, -0.05) is 80.6 Å². The molecule has 5 nitrogen and oxygen atoms in total. The number of ketones is 1. The van der Waals surface area contributed by atoms with Crippen LogP contribution in [0.5, 0.6) is 0 Å². The van der Waals surface area contributed by atoms with Crippen LogP contribution < -0.4 is 5.32 Å². The highest BCUT2D eigenvalue weighted by molar-refractivity contribution is 5.99. The summed E-state index contributed by atoms with van der Waals surface area (Å²) in [4.78, 5) is 38.1. The quantitative estimate of drug-likeness (QED) is 0.368. The summed E-state index contributed by atoms with van der Waals surface area (Å²) in [5.41, 5.74) is 4.07. The first-order valence-electron chi connectivity index (χ1n) is 11.2. The molecule has 1 N–H and O–H groups in total. The van der Waals surface area contributed by atoms with E-state index >= 15 is 0 Å². The first kappa shape index (κ1) is 23.9. The fourth-order valence-corrected chi connectivity index (χ4v) is 3.42. The fraction of sp³-hybridized carbons (Fsp3) is 0.250. The summed E-state index contributed by atoms with van der Waals surface area (Å²) in [6, 6.07) is 23.0. The zero-order valence-corrected chi connectivity index (χ0v) is 19.0. The van der Waals surface area contributed by atoms with Gasteiger partial charge in [0.25, 0.3) is 5.91 Å². The maximum Gasteiger partial charge on any atom is 0.329 e. The van der Waals surface area contributed by atoms with E-state index in [9.17, 15) is 14.4 Å². The summed E-state index contributed by atoms with van der Waals surface area (Å²) in [6.07, 6.45) is 2.02. The van der Waals surface area contributed by atoms with Crippen LogP contribution >= 0.6 is 0 Å². The maximum atomic E-state index is 12.9. The van der Waals surface area contributed by atoms with Crippen LogP contribution in [0, 0.1) is 0 Å². The molecule has 33 heavy (non-hydrogen) atoms. The number of aryl methyl sites for hydroxylation is 2. The molecule has 0 aliphatic heterocycles. The number of carbonyl (C=O) groups excluding carboxylic acids is 3. The van der Waals surface area contributed by atoms with Crippen LogP contribution in [-0.4, -0.2) is 30.3 Å². The fourth-order valence-electron chi connectivity index (χ4n) is 3.42. The van der Waals surface area contributed by atoms with Gasteiger partial charge >= 0.3 is 5.97 Å². The van der Waals surface area contributed by atoms with Crippen LogP contribution in [0.2, 0.25) is 0 Å². The Balaban J connectivity index is 1.68. The predicted molar refractivity (Wildman–Crippen MR) is 128 cm³/mol. The Hall–Kier alpha value is -3.73. The summed E-state index contributed by atoms with van der Waals surface area (Å²) in [5.74, 6) is -1.29. The SMILES string of the molecule is CCc1ccc(C(=O)COC(=O)C(Cc2ccccc2)NC(=O)c2ccc(CC)cc2)cc1. The third-order valence-corrected chi connectivity index (χ3v) is 5.53. The molecule has 1 atom stereocenters. The minimum atomic E-state index is -0.916. The van der Waals surface area contributed by atoms with E-state index in [0.717, 1.165) is 29.5 Å². The van der Waals surface area contributed by atoms with Gasteiger partial charge in [-0.2, -0.15) is 0 Å². The van der Waals surface area contributed by atoms with Crippen molar-refractivity contribution < 1.29 is 19.1 Å². The molecule has 0 radical (unpaired) electrons. The van der Waals surface area contributed by atoms with E-state index in [1.54, 1.807) is 24.3 Å². The van der Waals surface area contributed by atoms with Crippen molar-refractivity contribution in [1.29, 1.82) is 0 Å². The number of nitrogens with one attached hydrogen (secondary N) is 1. The van der Waals surface area contributed by atoms with Crippen LogP contribution in [0.1, 0.15) is 51.3 Å². The van der Waals surface area contributed by atoms with Crippen LogP contribution in [0.4, 0.5) is 0 Å². The second-order valence-corrected chi connectivity index (χ2v) is 7.85. The van der Waals surface area contributed by atoms with Crippen LogP contribution in [-0.2, 0) is 28.8 Å². The molecule has 0 spiro atoms. The number of rotatable bonds is 10. The Labute approximate surface area is 194 Å². The average molecular weight is 444 g/mol. The summed E-state index contributed by atoms with van der Waals surface area (Å²) in [7, 11) is 0. The molecule has 170 valence electrons. The smallest absolute Gasteiger partial charge is 0.329 e. The Morgan fingerprint density at radius 2 is 1.27 bits per heavy atom. The number of carbonyl (C=O) groups is 3. The van der Waals surface area contributed by atoms with Gasteiger partial charge in [-0.3, -0.25) is 9.59 Å². The third-order valence-electron chi connectivity index (χ3n) is 5.53.